The molecular weight excluding hydrogens is 309 g/mol. The van der Waals surface area contributed by atoms with E-state index in [1.165, 1.54) is 6.07 Å². The van der Waals surface area contributed by atoms with Crippen molar-refractivity contribution in [2.24, 2.45) is 5.41 Å². The van der Waals surface area contributed by atoms with Gasteiger partial charge in [-0.3, -0.25) is 0 Å². The maximum absolute atomic E-state index is 13.5. The fourth-order valence-electron chi connectivity index (χ4n) is 2.23. The standard InChI is InChI=1S/C15H19BrFNO/c1-5-18-14(15(2,3)4)13-7-9-6-10(16)11(17)8-12(9)19-13/h6-8,14,18H,5H2,1-4H3. The summed E-state index contributed by atoms with van der Waals surface area (Å²) in [5.74, 6) is 0.547. The Morgan fingerprint density at radius 3 is 2.58 bits per heavy atom. The summed E-state index contributed by atoms with van der Waals surface area (Å²) in [7, 11) is 0. The molecule has 0 radical (unpaired) electrons. The predicted octanol–water partition coefficient (Wildman–Crippen LogP) is 5.03. The molecule has 0 aliphatic rings. The highest BCUT2D eigenvalue weighted by molar-refractivity contribution is 9.10. The summed E-state index contributed by atoms with van der Waals surface area (Å²) in [6.07, 6.45) is 0. The van der Waals surface area contributed by atoms with Crippen LogP contribution in [0.4, 0.5) is 4.39 Å². The Morgan fingerprint density at radius 1 is 1.32 bits per heavy atom. The summed E-state index contributed by atoms with van der Waals surface area (Å²) in [5.41, 5.74) is 0.613. The number of hydrogen-bond donors (Lipinski definition) is 1. The maximum Gasteiger partial charge on any atom is 0.141 e. The van der Waals surface area contributed by atoms with E-state index in [2.05, 4.69) is 48.9 Å². The Kier molecular flexibility index (Phi) is 4.02. The van der Waals surface area contributed by atoms with Crippen molar-refractivity contribution in [2.75, 3.05) is 6.54 Å². The van der Waals surface area contributed by atoms with Gasteiger partial charge in [0.15, 0.2) is 0 Å². The molecule has 0 bridgehead atoms. The Balaban J connectivity index is 2.49. The van der Waals surface area contributed by atoms with Crippen molar-refractivity contribution in [3.63, 3.8) is 0 Å². The van der Waals surface area contributed by atoms with Gasteiger partial charge in [-0.1, -0.05) is 27.7 Å². The zero-order valence-electron chi connectivity index (χ0n) is 11.7. The molecule has 0 fully saturated rings. The van der Waals surface area contributed by atoms with Crippen molar-refractivity contribution < 1.29 is 8.81 Å². The number of benzene rings is 1. The molecule has 0 amide bonds. The highest BCUT2D eigenvalue weighted by atomic mass is 79.9. The van der Waals surface area contributed by atoms with Gasteiger partial charge < -0.3 is 9.73 Å². The monoisotopic (exact) mass is 327 g/mol. The van der Waals surface area contributed by atoms with Gasteiger partial charge in [0.25, 0.3) is 0 Å². The van der Waals surface area contributed by atoms with Gasteiger partial charge >= 0.3 is 0 Å². The Labute approximate surface area is 121 Å². The molecular formula is C15H19BrFNO. The fraction of sp³-hybridized carbons (Fsp3) is 0.467. The fourth-order valence-corrected chi connectivity index (χ4v) is 2.60. The van der Waals surface area contributed by atoms with Crippen LogP contribution in [0.1, 0.15) is 39.5 Å². The topological polar surface area (TPSA) is 25.2 Å². The first kappa shape index (κ1) is 14.5. The Morgan fingerprint density at radius 2 is 2.00 bits per heavy atom. The van der Waals surface area contributed by atoms with E-state index in [1.54, 1.807) is 6.07 Å². The summed E-state index contributed by atoms with van der Waals surface area (Å²) in [5, 5.41) is 4.34. The van der Waals surface area contributed by atoms with E-state index in [9.17, 15) is 4.39 Å². The Hall–Kier alpha value is -0.870. The number of nitrogens with one attached hydrogen (secondary N) is 1. The molecule has 0 aliphatic carbocycles. The van der Waals surface area contributed by atoms with E-state index in [1.807, 2.05) is 6.07 Å². The summed E-state index contributed by atoms with van der Waals surface area (Å²) >= 11 is 3.20. The lowest BCUT2D eigenvalue weighted by Gasteiger charge is -2.29. The molecule has 2 rings (SSSR count). The third kappa shape index (κ3) is 3.00. The van der Waals surface area contributed by atoms with Gasteiger partial charge in [0.05, 0.1) is 10.5 Å². The number of furan rings is 1. The van der Waals surface area contributed by atoms with E-state index in [4.69, 9.17) is 4.42 Å². The number of fused-ring (bicyclic) bond motifs is 1. The lowest BCUT2D eigenvalue weighted by atomic mass is 9.85. The van der Waals surface area contributed by atoms with Crippen LogP contribution in [0.2, 0.25) is 0 Å². The second-order valence-electron chi connectivity index (χ2n) is 5.81. The van der Waals surface area contributed by atoms with Gasteiger partial charge in [-0.2, -0.15) is 0 Å². The van der Waals surface area contributed by atoms with Gasteiger partial charge in [-0.05, 0) is 40.0 Å². The molecule has 104 valence electrons. The van der Waals surface area contributed by atoms with Crippen molar-refractivity contribution in [3.05, 3.63) is 34.2 Å². The van der Waals surface area contributed by atoms with Crippen molar-refractivity contribution in [1.82, 2.24) is 5.32 Å². The largest absolute Gasteiger partial charge is 0.459 e. The second kappa shape index (κ2) is 5.25. The molecule has 2 nitrogen and oxygen atoms in total. The second-order valence-corrected chi connectivity index (χ2v) is 6.66. The summed E-state index contributed by atoms with van der Waals surface area (Å²) in [6.45, 7) is 9.40. The van der Waals surface area contributed by atoms with E-state index < -0.39 is 0 Å². The minimum atomic E-state index is -0.302. The lowest BCUT2D eigenvalue weighted by molar-refractivity contribution is 0.244. The molecule has 1 aromatic heterocycles. The van der Waals surface area contributed by atoms with E-state index >= 15 is 0 Å². The minimum Gasteiger partial charge on any atom is -0.459 e. The zero-order valence-corrected chi connectivity index (χ0v) is 13.3. The molecule has 19 heavy (non-hydrogen) atoms. The normalized spacial score (nSPS) is 14.0. The van der Waals surface area contributed by atoms with Gasteiger partial charge in [0, 0.05) is 11.5 Å². The molecule has 4 heteroatoms. The third-order valence-corrected chi connectivity index (χ3v) is 3.74. The number of hydrogen-bond acceptors (Lipinski definition) is 2. The van der Waals surface area contributed by atoms with Crippen molar-refractivity contribution >= 4 is 26.9 Å². The molecule has 1 N–H and O–H groups in total. The molecule has 1 unspecified atom stereocenters. The van der Waals surface area contributed by atoms with Crippen LogP contribution in [-0.2, 0) is 0 Å². The highest BCUT2D eigenvalue weighted by Gasteiger charge is 2.28. The molecule has 2 aromatic rings. The first-order valence-corrected chi connectivity index (χ1v) is 7.24. The van der Waals surface area contributed by atoms with Gasteiger partial charge in [0.1, 0.15) is 17.2 Å². The summed E-state index contributed by atoms with van der Waals surface area (Å²) < 4.78 is 19.8. The van der Waals surface area contributed by atoms with Crippen molar-refractivity contribution in [2.45, 2.75) is 33.7 Å². The molecule has 1 heterocycles. The minimum absolute atomic E-state index is 0.0274. The third-order valence-electron chi connectivity index (χ3n) is 3.14. The molecule has 0 saturated carbocycles. The average Bonchev–Trinajstić information content (AvgIpc) is 2.67. The molecule has 1 atom stereocenters. The highest BCUT2D eigenvalue weighted by Crippen LogP contribution is 2.36. The van der Waals surface area contributed by atoms with Crippen molar-refractivity contribution in [3.8, 4) is 0 Å². The van der Waals surface area contributed by atoms with Crippen molar-refractivity contribution in [1.29, 1.82) is 0 Å². The molecule has 1 aromatic carbocycles. The van der Waals surface area contributed by atoms with Gasteiger partial charge in [-0.15, -0.1) is 0 Å². The Bertz CT molecular complexity index is 547. The molecule has 0 saturated heterocycles. The number of halogens is 2. The van der Waals surface area contributed by atoms with Crippen LogP contribution in [0.15, 0.2) is 27.1 Å². The SMILES string of the molecule is CCNC(c1cc2cc(Br)c(F)cc2o1)C(C)(C)C. The predicted molar refractivity (Wildman–Crippen MR) is 79.7 cm³/mol. The maximum atomic E-state index is 13.5. The summed E-state index contributed by atoms with van der Waals surface area (Å²) in [6, 6.07) is 5.27. The summed E-state index contributed by atoms with van der Waals surface area (Å²) in [4.78, 5) is 0. The van der Waals surface area contributed by atoms with E-state index in [0.717, 1.165) is 17.7 Å². The zero-order chi connectivity index (χ0) is 14.2. The smallest absolute Gasteiger partial charge is 0.141 e. The lowest BCUT2D eigenvalue weighted by Crippen LogP contribution is -2.31. The molecule has 0 aliphatic heterocycles. The van der Waals surface area contributed by atoms with Crippen LogP contribution in [-0.4, -0.2) is 6.54 Å². The first-order chi connectivity index (χ1) is 8.82. The van der Waals surface area contributed by atoms with Crippen LogP contribution in [0.25, 0.3) is 11.0 Å². The average molecular weight is 328 g/mol. The van der Waals surface area contributed by atoms with Crippen LogP contribution in [0, 0.1) is 11.2 Å². The number of rotatable bonds is 3. The molecule has 0 spiro atoms. The van der Waals surface area contributed by atoms with Crippen LogP contribution < -0.4 is 5.32 Å². The first-order valence-electron chi connectivity index (χ1n) is 6.44. The van der Waals surface area contributed by atoms with Crippen LogP contribution in [0.5, 0.6) is 0 Å². The van der Waals surface area contributed by atoms with Crippen LogP contribution >= 0.6 is 15.9 Å². The quantitative estimate of drug-likeness (QED) is 0.855. The van der Waals surface area contributed by atoms with Crippen LogP contribution in [0.3, 0.4) is 0 Å². The van der Waals surface area contributed by atoms with E-state index in [-0.39, 0.29) is 17.3 Å². The van der Waals surface area contributed by atoms with Gasteiger partial charge in [-0.25, -0.2) is 4.39 Å². The van der Waals surface area contributed by atoms with E-state index in [0.29, 0.717) is 10.1 Å². The van der Waals surface area contributed by atoms with Gasteiger partial charge in [0.2, 0.25) is 0 Å².